The van der Waals surface area contributed by atoms with E-state index < -0.39 is 0 Å². The van der Waals surface area contributed by atoms with Gasteiger partial charge in [0.1, 0.15) is 0 Å². The Bertz CT molecular complexity index is 347. The van der Waals surface area contributed by atoms with E-state index in [0.717, 1.165) is 22.6 Å². The average Bonchev–Trinajstić information content (AvgIpc) is 2.57. The topological polar surface area (TPSA) is 12.9 Å². The molecular weight excluding hydrogens is 186 g/mol. The maximum atomic E-state index is 5.21. The zero-order valence-corrected chi connectivity index (χ0v) is 7.91. The fourth-order valence-electron chi connectivity index (χ4n) is 1.08. The normalized spacial score (nSPS) is 16.3. The van der Waals surface area contributed by atoms with Gasteiger partial charge >= 0.3 is 0 Å². The van der Waals surface area contributed by atoms with Crippen LogP contribution in [0.1, 0.15) is 12.1 Å². The molecule has 1 radical (unpaired) electrons. The Morgan fingerprint density at radius 2 is 2.50 bits per heavy atom. The van der Waals surface area contributed by atoms with Crippen molar-refractivity contribution in [1.29, 1.82) is 0 Å². The van der Waals surface area contributed by atoms with Gasteiger partial charge < -0.3 is 0 Å². The maximum Gasteiger partial charge on any atom is 0.152 e. The Morgan fingerprint density at radius 3 is 3.17 bits per heavy atom. The SMILES string of the molecule is S=C1CC=CC=C1c1cs[c]n1. The van der Waals surface area contributed by atoms with Gasteiger partial charge in [-0.1, -0.05) is 30.4 Å². The highest BCUT2D eigenvalue weighted by molar-refractivity contribution is 7.81. The molecule has 0 saturated carbocycles. The number of hydrogen-bond acceptors (Lipinski definition) is 3. The molecule has 2 rings (SSSR count). The van der Waals surface area contributed by atoms with Crippen molar-refractivity contribution in [3.63, 3.8) is 0 Å². The summed E-state index contributed by atoms with van der Waals surface area (Å²) in [6.45, 7) is 0. The van der Waals surface area contributed by atoms with Gasteiger partial charge in [0.05, 0.1) is 5.69 Å². The molecule has 59 valence electrons. The molecule has 0 aliphatic heterocycles. The van der Waals surface area contributed by atoms with Gasteiger partial charge in [0.2, 0.25) is 0 Å². The largest absolute Gasteiger partial charge is 0.233 e. The summed E-state index contributed by atoms with van der Waals surface area (Å²) >= 11 is 6.68. The lowest BCUT2D eigenvalue weighted by Crippen LogP contribution is -2.00. The van der Waals surface area contributed by atoms with Crippen LogP contribution >= 0.6 is 23.6 Å². The third kappa shape index (κ3) is 1.38. The van der Waals surface area contributed by atoms with Crippen LogP contribution in [0.4, 0.5) is 0 Å². The molecule has 0 unspecified atom stereocenters. The molecule has 1 aromatic heterocycles. The van der Waals surface area contributed by atoms with Crippen molar-refractivity contribution in [2.75, 3.05) is 0 Å². The van der Waals surface area contributed by atoms with E-state index in [9.17, 15) is 0 Å². The summed E-state index contributed by atoms with van der Waals surface area (Å²) in [5.74, 6) is 0. The van der Waals surface area contributed by atoms with Crippen LogP contribution in [0.5, 0.6) is 0 Å². The first-order valence-electron chi connectivity index (χ1n) is 3.60. The van der Waals surface area contributed by atoms with E-state index in [2.05, 4.69) is 16.6 Å². The fraction of sp³-hybridized carbons (Fsp3) is 0.111. The molecular formula is C9H6NS2. The van der Waals surface area contributed by atoms with E-state index in [1.165, 1.54) is 11.3 Å². The zero-order chi connectivity index (χ0) is 8.39. The smallest absolute Gasteiger partial charge is 0.152 e. The Balaban J connectivity index is 2.40. The van der Waals surface area contributed by atoms with Gasteiger partial charge in [0.15, 0.2) is 5.51 Å². The van der Waals surface area contributed by atoms with E-state index in [0.29, 0.717) is 0 Å². The van der Waals surface area contributed by atoms with E-state index in [1.807, 2.05) is 17.5 Å². The van der Waals surface area contributed by atoms with Gasteiger partial charge in [-0.2, -0.15) is 0 Å². The van der Waals surface area contributed by atoms with Crippen LogP contribution in [0.15, 0.2) is 23.6 Å². The Hall–Kier alpha value is -0.800. The standard InChI is InChI=1S/C9H6NS2/c11-9-4-2-1-3-7(9)8-5-12-6-10-8/h1-3,5H,4H2. The molecule has 0 fully saturated rings. The van der Waals surface area contributed by atoms with Gasteiger partial charge in [-0.05, 0) is 0 Å². The molecule has 1 aliphatic rings. The summed E-state index contributed by atoms with van der Waals surface area (Å²) in [5, 5.41) is 1.97. The first kappa shape index (κ1) is 7.83. The zero-order valence-electron chi connectivity index (χ0n) is 6.28. The molecule has 1 aromatic rings. The highest BCUT2D eigenvalue weighted by atomic mass is 32.1. The van der Waals surface area contributed by atoms with Crippen LogP contribution in [-0.4, -0.2) is 9.85 Å². The van der Waals surface area contributed by atoms with Crippen molar-refractivity contribution in [1.82, 2.24) is 4.98 Å². The molecule has 0 atom stereocenters. The van der Waals surface area contributed by atoms with Crippen LogP contribution < -0.4 is 0 Å². The predicted molar refractivity (Wildman–Crippen MR) is 55.3 cm³/mol. The number of nitrogens with zero attached hydrogens (tertiary/aromatic N) is 1. The van der Waals surface area contributed by atoms with Crippen molar-refractivity contribution < 1.29 is 0 Å². The second-order valence-corrected chi connectivity index (χ2v) is 3.61. The quantitative estimate of drug-likeness (QED) is 0.634. The minimum Gasteiger partial charge on any atom is -0.233 e. The maximum absolute atomic E-state index is 5.21. The summed E-state index contributed by atoms with van der Waals surface area (Å²) in [6.07, 6.45) is 6.94. The molecule has 1 heterocycles. The lowest BCUT2D eigenvalue weighted by molar-refractivity contribution is 1.35. The van der Waals surface area contributed by atoms with E-state index in [1.54, 1.807) is 0 Å². The average molecular weight is 192 g/mol. The monoisotopic (exact) mass is 192 g/mol. The van der Waals surface area contributed by atoms with E-state index in [4.69, 9.17) is 12.2 Å². The van der Waals surface area contributed by atoms with Crippen molar-refractivity contribution in [3.8, 4) is 0 Å². The first-order chi connectivity index (χ1) is 5.88. The van der Waals surface area contributed by atoms with Crippen molar-refractivity contribution >= 4 is 34.0 Å². The second kappa shape index (κ2) is 3.29. The summed E-state index contributed by atoms with van der Waals surface area (Å²) in [5.41, 5.74) is 4.84. The van der Waals surface area contributed by atoms with E-state index in [-0.39, 0.29) is 0 Å². The van der Waals surface area contributed by atoms with Crippen molar-refractivity contribution in [3.05, 3.63) is 34.8 Å². The Kier molecular flexibility index (Phi) is 2.15. The molecule has 0 aromatic carbocycles. The lowest BCUT2D eigenvalue weighted by atomic mass is 10.0. The molecule has 12 heavy (non-hydrogen) atoms. The summed E-state index contributed by atoms with van der Waals surface area (Å²) in [6, 6.07) is 0. The van der Waals surface area contributed by atoms with Crippen LogP contribution in [0.3, 0.4) is 0 Å². The number of rotatable bonds is 1. The molecule has 0 saturated heterocycles. The van der Waals surface area contributed by atoms with Crippen LogP contribution in [0, 0.1) is 5.51 Å². The third-order valence-corrected chi connectivity index (χ3v) is 2.59. The molecule has 0 N–H and O–H groups in total. The second-order valence-electron chi connectivity index (χ2n) is 2.46. The van der Waals surface area contributed by atoms with Gasteiger partial charge in [-0.3, -0.25) is 0 Å². The van der Waals surface area contributed by atoms with Crippen LogP contribution in [0.2, 0.25) is 0 Å². The van der Waals surface area contributed by atoms with Crippen molar-refractivity contribution in [2.24, 2.45) is 0 Å². The van der Waals surface area contributed by atoms with Gasteiger partial charge in [-0.25, -0.2) is 4.98 Å². The van der Waals surface area contributed by atoms with Crippen LogP contribution in [0.25, 0.3) is 5.57 Å². The van der Waals surface area contributed by atoms with Gasteiger partial charge in [-0.15, -0.1) is 11.3 Å². The molecule has 0 amide bonds. The van der Waals surface area contributed by atoms with Gasteiger partial charge in [0.25, 0.3) is 0 Å². The summed E-state index contributed by atoms with van der Waals surface area (Å²) in [7, 11) is 0. The minimum absolute atomic E-state index is 0.860. The van der Waals surface area contributed by atoms with Crippen LogP contribution in [-0.2, 0) is 0 Å². The van der Waals surface area contributed by atoms with Crippen molar-refractivity contribution in [2.45, 2.75) is 6.42 Å². The van der Waals surface area contributed by atoms with Gasteiger partial charge in [0, 0.05) is 22.2 Å². The number of hydrogen-bond donors (Lipinski definition) is 0. The Labute approximate surface area is 80.5 Å². The third-order valence-electron chi connectivity index (χ3n) is 1.67. The highest BCUT2D eigenvalue weighted by Crippen LogP contribution is 2.20. The summed E-state index contributed by atoms with van der Waals surface area (Å²) < 4.78 is 0. The molecule has 0 spiro atoms. The number of aromatic nitrogens is 1. The summed E-state index contributed by atoms with van der Waals surface area (Å²) in [4.78, 5) is 5.06. The first-order valence-corrected chi connectivity index (χ1v) is 4.88. The molecule has 1 aliphatic carbocycles. The molecule has 3 heteroatoms. The molecule has 0 bridgehead atoms. The number of allylic oxidation sites excluding steroid dienone is 4. The van der Waals surface area contributed by atoms with E-state index >= 15 is 0 Å². The number of thiazole rings is 1. The highest BCUT2D eigenvalue weighted by Gasteiger charge is 2.09. The Morgan fingerprint density at radius 1 is 1.58 bits per heavy atom. The minimum atomic E-state index is 0.860. The molecule has 1 nitrogen and oxygen atoms in total. The predicted octanol–water partition coefficient (Wildman–Crippen LogP) is 2.66. The fourth-order valence-corrected chi connectivity index (χ4v) is 1.84. The lowest BCUT2D eigenvalue weighted by Gasteiger charge is -2.06. The number of thiocarbonyl (C=S) groups is 1.